The van der Waals surface area contributed by atoms with E-state index in [0.29, 0.717) is 11.6 Å². The van der Waals surface area contributed by atoms with Crippen molar-refractivity contribution < 1.29 is 4.79 Å². The molecule has 5 heteroatoms. The maximum absolute atomic E-state index is 12.6. The molecule has 0 spiro atoms. The van der Waals surface area contributed by atoms with Crippen LogP contribution >= 0.6 is 15.9 Å². The number of aryl methyl sites for hydroxylation is 1. The summed E-state index contributed by atoms with van der Waals surface area (Å²) in [4.78, 5) is 14.6. The van der Waals surface area contributed by atoms with Crippen LogP contribution in [0.25, 0.3) is 0 Å². The van der Waals surface area contributed by atoms with Crippen LogP contribution in [0, 0.1) is 5.92 Å². The van der Waals surface area contributed by atoms with E-state index in [1.807, 2.05) is 9.58 Å². The highest BCUT2D eigenvalue weighted by molar-refractivity contribution is 9.10. The Labute approximate surface area is 122 Å². The first-order valence-corrected chi connectivity index (χ1v) is 8.00. The van der Waals surface area contributed by atoms with Gasteiger partial charge < -0.3 is 4.90 Å². The Hall–Kier alpha value is -0.840. The van der Waals surface area contributed by atoms with Crippen molar-refractivity contribution in [3.05, 3.63) is 15.9 Å². The molecule has 0 radical (unpaired) electrons. The van der Waals surface area contributed by atoms with E-state index in [1.165, 1.54) is 18.5 Å². The van der Waals surface area contributed by atoms with E-state index in [9.17, 15) is 4.79 Å². The predicted molar refractivity (Wildman–Crippen MR) is 77.2 cm³/mol. The molecule has 1 aromatic rings. The van der Waals surface area contributed by atoms with E-state index in [2.05, 4.69) is 28.0 Å². The molecule has 19 heavy (non-hydrogen) atoms. The standard InChI is InChI=1S/C14H20BrN3O/c1-10-5-4-7-17(9-10)14(19)13-12(15)11-6-2-3-8-18(11)16-13/h10H,2-9H2,1H3. The van der Waals surface area contributed by atoms with E-state index < -0.39 is 0 Å². The van der Waals surface area contributed by atoms with Gasteiger partial charge in [0.1, 0.15) is 0 Å². The highest BCUT2D eigenvalue weighted by atomic mass is 79.9. The van der Waals surface area contributed by atoms with Gasteiger partial charge >= 0.3 is 0 Å². The monoisotopic (exact) mass is 325 g/mol. The molecule has 1 atom stereocenters. The second-order valence-corrected chi connectivity index (χ2v) is 6.58. The zero-order chi connectivity index (χ0) is 13.4. The minimum atomic E-state index is 0.0975. The Kier molecular flexibility index (Phi) is 3.65. The molecule has 1 saturated heterocycles. The lowest BCUT2D eigenvalue weighted by Gasteiger charge is -2.30. The van der Waals surface area contributed by atoms with Gasteiger partial charge in [-0.05, 0) is 54.0 Å². The minimum absolute atomic E-state index is 0.0975. The molecule has 104 valence electrons. The average molecular weight is 326 g/mol. The first-order chi connectivity index (χ1) is 9.16. The van der Waals surface area contributed by atoms with Crippen LogP contribution < -0.4 is 0 Å². The summed E-state index contributed by atoms with van der Waals surface area (Å²) in [5.74, 6) is 0.703. The highest BCUT2D eigenvalue weighted by Crippen LogP contribution is 2.28. The molecule has 0 saturated carbocycles. The number of carbonyl (C=O) groups excluding carboxylic acids is 1. The number of fused-ring (bicyclic) bond motifs is 1. The molecule has 3 heterocycles. The Balaban J connectivity index is 1.85. The van der Waals surface area contributed by atoms with Crippen molar-refractivity contribution in [3.63, 3.8) is 0 Å². The van der Waals surface area contributed by atoms with Crippen LogP contribution in [0.3, 0.4) is 0 Å². The molecule has 1 fully saturated rings. The number of likely N-dealkylation sites (tertiary alicyclic amines) is 1. The van der Waals surface area contributed by atoms with E-state index in [4.69, 9.17) is 0 Å². The van der Waals surface area contributed by atoms with E-state index in [-0.39, 0.29) is 5.91 Å². The molecule has 1 unspecified atom stereocenters. The topological polar surface area (TPSA) is 38.1 Å². The Morgan fingerprint density at radius 3 is 2.89 bits per heavy atom. The smallest absolute Gasteiger partial charge is 0.275 e. The van der Waals surface area contributed by atoms with Crippen molar-refractivity contribution in [1.29, 1.82) is 0 Å². The molecule has 1 aromatic heterocycles. The number of hydrogen-bond donors (Lipinski definition) is 0. The van der Waals surface area contributed by atoms with Gasteiger partial charge in [0.2, 0.25) is 0 Å². The fourth-order valence-corrected chi connectivity index (χ4v) is 3.76. The number of aromatic nitrogens is 2. The zero-order valence-corrected chi connectivity index (χ0v) is 12.9. The number of halogens is 1. The van der Waals surface area contributed by atoms with Gasteiger partial charge in [0, 0.05) is 19.6 Å². The van der Waals surface area contributed by atoms with Crippen LogP contribution in [-0.4, -0.2) is 33.7 Å². The fourth-order valence-electron chi connectivity index (χ4n) is 3.11. The molecule has 2 aliphatic rings. The SMILES string of the molecule is CC1CCCN(C(=O)c2nn3c(c2Br)CCCC3)C1. The van der Waals surface area contributed by atoms with Gasteiger partial charge in [-0.1, -0.05) is 6.92 Å². The van der Waals surface area contributed by atoms with Gasteiger partial charge in [-0.15, -0.1) is 0 Å². The van der Waals surface area contributed by atoms with E-state index in [0.717, 1.165) is 43.4 Å². The second-order valence-electron chi connectivity index (χ2n) is 5.79. The molecular weight excluding hydrogens is 306 g/mol. The van der Waals surface area contributed by atoms with Gasteiger partial charge in [0.25, 0.3) is 5.91 Å². The summed E-state index contributed by atoms with van der Waals surface area (Å²) in [6.07, 6.45) is 5.72. The van der Waals surface area contributed by atoms with Crippen LogP contribution in [0.15, 0.2) is 4.47 Å². The Morgan fingerprint density at radius 2 is 2.16 bits per heavy atom. The lowest BCUT2D eigenvalue weighted by Crippen LogP contribution is -2.39. The number of nitrogens with zero attached hydrogens (tertiary/aromatic N) is 3. The molecule has 4 nitrogen and oxygen atoms in total. The van der Waals surface area contributed by atoms with Crippen molar-refractivity contribution in [2.75, 3.05) is 13.1 Å². The van der Waals surface area contributed by atoms with Crippen LogP contribution in [0.4, 0.5) is 0 Å². The normalized spacial score (nSPS) is 23.3. The molecule has 0 aliphatic carbocycles. The maximum Gasteiger partial charge on any atom is 0.275 e. The molecule has 0 bridgehead atoms. The molecule has 0 N–H and O–H groups in total. The van der Waals surface area contributed by atoms with Crippen molar-refractivity contribution >= 4 is 21.8 Å². The largest absolute Gasteiger partial charge is 0.337 e. The fraction of sp³-hybridized carbons (Fsp3) is 0.714. The first kappa shape index (κ1) is 13.2. The Morgan fingerprint density at radius 1 is 1.32 bits per heavy atom. The van der Waals surface area contributed by atoms with Crippen molar-refractivity contribution in [1.82, 2.24) is 14.7 Å². The quantitative estimate of drug-likeness (QED) is 0.796. The maximum atomic E-state index is 12.6. The zero-order valence-electron chi connectivity index (χ0n) is 11.4. The third-order valence-corrected chi connectivity index (χ3v) is 5.01. The van der Waals surface area contributed by atoms with Gasteiger partial charge in [-0.3, -0.25) is 9.48 Å². The Bertz CT molecular complexity index is 497. The number of piperidine rings is 1. The second kappa shape index (κ2) is 5.27. The van der Waals surface area contributed by atoms with Crippen molar-refractivity contribution in [2.24, 2.45) is 5.92 Å². The molecular formula is C14H20BrN3O. The number of rotatable bonds is 1. The van der Waals surface area contributed by atoms with E-state index >= 15 is 0 Å². The summed E-state index contributed by atoms with van der Waals surface area (Å²) in [6, 6.07) is 0. The van der Waals surface area contributed by atoms with Crippen LogP contribution in [-0.2, 0) is 13.0 Å². The molecule has 1 amide bonds. The lowest BCUT2D eigenvalue weighted by atomic mass is 10.00. The summed E-state index contributed by atoms with van der Waals surface area (Å²) in [6.45, 7) is 4.90. The number of amides is 1. The number of carbonyl (C=O) groups is 1. The predicted octanol–water partition coefficient (Wildman–Crippen LogP) is 2.85. The van der Waals surface area contributed by atoms with Crippen LogP contribution in [0.2, 0.25) is 0 Å². The van der Waals surface area contributed by atoms with Gasteiger partial charge in [0.15, 0.2) is 5.69 Å². The third-order valence-electron chi connectivity index (χ3n) is 4.17. The molecule has 3 rings (SSSR count). The summed E-state index contributed by atoms with van der Waals surface area (Å²) in [5, 5.41) is 4.53. The summed E-state index contributed by atoms with van der Waals surface area (Å²) in [7, 11) is 0. The van der Waals surface area contributed by atoms with Crippen LogP contribution in [0.5, 0.6) is 0 Å². The number of hydrogen-bond acceptors (Lipinski definition) is 2. The van der Waals surface area contributed by atoms with Crippen molar-refractivity contribution in [2.45, 2.75) is 45.6 Å². The molecule has 2 aliphatic heterocycles. The van der Waals surface area contributed by atoms with Gasteiger partial charge in [-0.25, -0.2) is 0 Å². The summed E-state index contributed by atoms with van der Waals surface area (Å²) >= 11 is 3.59. The lowest BCUT2D eigenvalue weighted by molar-refractivity contribution is 0.0675. The van der Waals surface area contributed by atoms with Crippen molar-refractivity contribution in [3.8, 4) is 0 Å². The highest BCUT2D eigenvalue weighted by Gasteiger charge is 2.28. The molecule has 0 aromatic carbocycles. The third kappa shape index (κ3) is 2.45. The first-order valence-electron chi connectivity index (χ1n) is 7.21. The van der Waals surface area contributed by atoms with Crippen LogP contribution in [0.1, 0.15) is 48.8 Å². The van der Waals surface area contributed by atoms with E-state index in [1.54, 1.807) is 0 Å². The minimum Gasteiger partial charge on any atom is -0.337 e. The summed E-state index contributed by atoms with van der Waals surface area (Å²) < 4.78 is 2.93. The average Bonchev–Trinajstić information content (AvgIpc) is 2.76. The summed E-state index contributed by atoms with van der Waals surface area (Å²) in [5.41, 5.74) is 1.81. The van der Waals surface area contributed by atoms with Gasteiger partial charge in [-0.2, -0.15) is 5.10 Å². The van der Waals surface area contributed by atoms with Gasteiger partial charge in [0.05, 0.1) is 10.2 Å².